The third-order valence-corrected chi connectivity index (χ3v) is 5.44. The number of hydrogen-bond donors (Lipinski definition) is 2. The number of hydrogen-bond acceptors (Lipinski definition) is 3. The number of para-hydroxylation sites is 1. The molecule has 31 heavy (non-hydrogen) atoms. The molecule has 5 rings (SSSR count). The number of nitrogens with zero attached hydrogens (tertiary/aromatic N) is 3. The largest absolute Gasteiger partial charge is 0.345 e. The maximum Gasteiger partial charge on any atom is 0.255 e. The van der Waals surface area contributed by atoms with Crippen molar-refractivity contribution in [1.29, 1.82) is 0 Å². The van der Waals surface area contributed by atoms with E-state index in [9.17, 15) is 4.79 Å². The van der Waals surface area contributed by atoms with Gasteiger partial charge in [-0.1, -0.05) is 54.6 Å². The number of fused-ring (bicyclic) bond motifs is 1. The first kappa shape index (κ1) is 18.8. The van der Waals surface area contributed by atoms with E-state index in [1.165, 1.54) is 0 Å². The second kappa shape index (κ2) is 7.91. The third-order valence-electron chi connectivity index (χ3n) is 5.44. The molecule has 0 radical (unpaired) electrons. The summed E-state index contributed by atoms with van der Waals surface area (Å²) in [5, 5.41) is 7.64. The number of nitrogens with one attached hydrogen (secondary N) is 2. The Bertz CT molecular complexity index is 1340. The first-order valence-corrected chi connectivity index (χ1v) is 10.1. The zero-order valence-corrected chi connectivity index (χ0v) is 17.0. The number of aromatic nitrogens is 4. The van der Waals surface area contributed by atoms with Crippen LogP contribution in [0.5, 0.6) is 0 Å². The van der Waals surface area contributed by atoms with Gasteiger partial charge < -0.3 is 10.3 Å². The van der Waals surface area contributed by atoms with Gasteiger partial charge in [0.1, 0.15) is 0 Å². The van der Waals surface area contributed by atoms with Crippen molar-refractivity contribution in [1.82, 2.24) is 25.1 Å². The summed E-state index contributed by atoms with van der Waals surface area (Å²) in [4.78, 5) is 20.7. The smallest absolute Gasteiger partial charge is 0.255 e. The van der Waals surface area contributed by atoms with Crippen LogP contribution in [0.2, 0.25) is 0 Å². The summed E-state index contributed by atoms with van der Waals surface area (Å²) in [5.41, 5.74) is 6.06. The lowest BCUT2D eigenvalue weighted by Gasteiger charge is -2.20. The van der Waals surface area contributed by atoms with Gasteiger partial charge in [-0.25, -0.2) is 9.67 Å². The fourth-order valence-electron chi connectivity index (χ4n) is 3.81. The Morgan fingerprint density at radius 1 is 0.968 bits per heavy atom. The van der Waals surface area contributed by atoms with Crippen molar-refractivity contribution >= 4 is 16.9 Å². The molecule has 2 aromatic heterocycles. The monoisotopic (exact) mass is 407 g/mol. The van der Waals surface area contributed by atoms with Crippen molar-refractivity contribution < 1.29 is 4.79 Å². The predicted octanol–water partition coefficient (Wildman–Crippen LogP) is 4.58. The van der Waals surface area contributed by atoms with Crippen LogP contribution in [0.3, 0.4) is 0 Å². The van der Waals surface area contributed by atoms with Crippen molar-refractivity contribution in [3.8, 4) is 5.69 Å². The molecule has 0 saturated heterocycles. The number of H-pyrrole nitrogens is 1. The van der Waals surface area contributed by atoms with Gasteiger partial charge in [0.25, 0.3) is 5.91 Å². The first-order valence-electron chi connectivity index (χ1n) is 10.1. The Hall–Kier alpha value is -4.19. The third kappa shape index (κ3) is 3.59. The van der Waals surface area contributed by atoms with Crippen LogP contribution in [0.4, 0.5) is 0 Å². The maximum atomic E-state index is 13.3. The summed E-state index contributed by atoms with van der Waals surface area (Å²) in [6.45, 7) is 1.91. The van der Waals surface area contributed by atoms with Crippen LogP contribution in [-0.4, -0.2) is 25.7 Å². The first-order chi connectivity index (χ1) is 15.2. The average Bonchev–Trinajstić information content (AvgIpc) is 3.44. The van der Waals surface area contributed by atoms with Gasteiger partial charge in [0.05, 0.1) is 46.5 Å². The van der Waals surface area contributed by atoms with Crippen molar-refractivity contribution in [3.05, 3.63) is 114 Å². The van der Waals surface area contributed by atoms with E-state index in [1.807, 2.05) is 85.8 Å². The lowest BCUT2D eigenvalue weighted by Crippen LogP contribution is -2.29. The highest BCUT2D eigenvalue weighted by atomic mass is 16.1. The minimum atomic E-state index is -0.305. The number of benzene rings is 3. The highest BCUT2D eigenvalue weighted by Gasteiger charge is 2.21. The van der Waals surface area contributed by atoms with Crippen LogP contribution >= 0.6 is 0 Å². The summed E-state index contributed by atoms with van der Waals surface area (Å²) < 4.78 is 1.78. The molecule has 2 N–H and O–H groups in total. The lowest BCUT2D eigenvalue weighted by molar-refractivity contribution is 0.0942. The average molecular weight is 407 g/mol. The molecule has 2 heterocycles. The topological polar surface area (TPSA) is 75.6 Å². The van der Waals surface area contributed by atoms with Crippen molar-refractivity contribution in [2.45, 2.75) is 13.0 Å². The second-order valence-electron chi connectivity index (χ2n) is 7.39. The molecule has 0 spiro atoms. The van der Waals surface area contributed by atoms with E-state index in [0.29, 0.717) is 5.56 Å². The molecule has 0 aliphatic rings. The molecule has 0 fully saturated rings. The van der Waals surface area contributed by atoms with Crippen LogP contribution < -0.4 is 5.32 Å². The maximum absolute atomic E-state index is 13.3. The van der Waals surface area contributed by atoms with Gasteiger partial charge in [0.15, 0.2) is 0 Å². The predicted molar refractivity (Wildman–Crippen MR) is 120 cm³/mol. The number of amides is 1. The van der Waals surface area contributed by atoms with E-state index in [-0.39, 0.29) is 11.9 Å². The molecule has 5 aromatic rings. The van der Waals surface area contributed by atoms with E-state index in [0.717, 1.165) is 33.5 Å². The SMILES string of the molecule is Cc1c(C(=O)NC(c2ccccc2)c2ccc3nc[nH]c3c2)cnn1-c1ccccc1. The van der Waals surface area contributed by atoms with Crippen LogP contribution in [0.15, 0.2) is 91.4 Å². The Labute approximate surface area is 179 Å². The van der Waals surface area contributed by atoms with Gasteiger partial charge in [-0.3, -0.25) is 4.79 Å². The fraction of sp³-hybridized carbons (Fsp3) is 0.0800. The summed E-state index contributed by atoms with van der Waals surface area (Å²) in [6, 6.07) is 25.4. The molecule has 0 aliphatic heterocycles. The Balaban J connectivity index is 1.50. The molecule has 1 amide bonds. The lowest BCUT2D eigenvalue weighted by atomic mass is 9.98. The number of aromatic amines is 1. The van der Waals surface area contributed by atoms with E-state index >= 15 is 0 Å². The Kier molecular flexibility index (Phi) is 4.80. The second-order valence-corrected chi connectivity index (χ2v) is 7.39. The number of carbonyl (C=O) groups is 1. The molecule has 6 heteroatoms. The van der Waals surface area contributed by atoms with E-state index < -0.39 is 0 Å². The van der Waals surface area contributed by atoms with Crippen molar-refractivity contribution in [2.75, 3.05) is 0 Å². The molecule has 6 nitrogen and oxygen atoms in total. The van der Waals surface area contributed by atoms with Gasteiger partial charge in [-0.05, 0) is 42.3 Å². The molecular formula is C25H21N5O. The Morgan fingerprint density at radius 3 is 2.48 bits per heavy atom. The molecule has 1 unspecified atom stereocenters. The fourth-order valence-corrected chi connectivity index (χ4v) is 3.81. The summed E-state index contributed by atoms with van der Waals surface area (Å²) >= 11 is 0. The van der Waals surface area contributed by atoms with Gasteiger partial charge >= 0.3 is 0 Å². The van der Waals surface area contributed by atoms with E-state index in [4.69, 9.17) is 0 Å². The molecule has 0 saturated carbocycles. The van der Waals surface area contributed by atoms with Gasteiger partial charge in [-0.15, -0.1) is 0 Å². The van der Waals surface area contributed by atoms with E-state index in [1.54, 1.807) is 17.2 Å². The van der Waals surface area contributed by atoms with Crippen molar-refractivity contribution in [2.24, 2.45) is 0 Å². The highest BCUT2D eigenvalue weighted by molar-refractivity contribution is 5.95. The highest BCUT2D eigenvalue weighted by Crippen LogP contribution is 2.25. The summed E-state index contributed by atoms with van der Waals surface area (Å²) in [7, 11) is 0. The van der Waals surface area contributed by atoms with E-state index in [2.05, 4.69) is 20.4 Å². The van der Waals surface area contributed by atoms with Crippen LogP contribution in [-0.2, 0) is 0 Å². The van der Waals surface area contributed by atoms with Crippen molar-refractivity contribution in [3.63, 3.8) is 0 Å². The molecular weight excluding hydrogens is 386 g/mol. The zero-order chi connectivity index (χ0) is 21.2. The van der Waals surface area contributed by atoms with Gasteiger partial charge in [0.2, 0.25) is 0 Å². The normalized spacial score (nSPS) is 12.0. The zero-order valence-electron chi connectivity index (χ0n) is 17.0. The summed E-state index contributed by atoms with van der Waals surface area (Å²) in [5.74, 6) is -0.168. The molecule has 0 aliphatic carbocycles. The van der Waals surface area contributed by atoms with Crippen LogP contribution in [0.1, 0.15) is 33.2 Å². The molecule has 152 valence electrons. The summed E-state index contributed by atoms with van der Waals surface area (Å²) in [6.07, 6.45) is 3.30. The minimum Gasteiger partial charge on any atom is -0.345 e. The Morgan fingerprint density at radius 2 is 1.71 bits per heavy atom. The quantitative estimate of drug-likeness (QED) is 0.448. The number of rotatable bonds is 5. The van der Waals surface area contributed by atoms with Crippen LogP contribution in [0.25, 0.3) is 16.7 Å². The standard InChI is InChI=1S/C25H21N5O/c1-17-21(15-28-30(17)20-10-6-3-7-11-20)25(31)29-24(18-8-4-2-5-9-18)19-12-13-22-23(14-19)27-16-26-22/h2-16,24H,1H3,(H,26,27)(H,29,31). The molecule has 0 bridgehead atoms. The minimum absolute atomic E-state index is 0.168. The van der Waals surface area contributed by atoms with Gasteiger partial charge in [-0.2, -0.15) is 5.10 Å². The van der Waals surface area contributed by atoms with Crippen LogP contribution in [0, 0.1) is 6.92 Å². The molecule has 1 atom stereocenters. The number of imidazole rings is 1. The molecule has 3 aromatic carbocycles. The van der Waals surface area contributed by atoms with Gasteiger partial charge in [0, 0.05) is 0 Å². The number of carbonyl (C=O) groups excluding carboxylic acids is 1.